The minimum atomic E-state index is 0. The summed E-state index contributed by atoms with van der Waals surface area (Å²) in [6, 6.07) is 0. The van der Waals surface area contributed by atoms with Crippen LogP contribution >= 0.6 is 0 Å². The lowest BCUT2D eigenvalue weighted by atomic mass is 11.0. The highest BCUT2D eigenvalue weighted by molar-refractivity contribution is 5.44. The summed E-state index contributed by atoms with van der Waals surface area (Å²) in [6.07, 6.45) is 0.750. The Bertz CT molecular complexity index is 15.1. The van der Waals surface area contributed by atoms with Gasteiger partial charge in [0.25, 0.3) is 0 Å². The summed E-state index contributed by atoms with van der Waals surface area (Å²) in [5.41, 5.74) is 0. The zero-order chi connectivity index (χ0) is 2.71. The number of halogens is 2. The van der Waals surface area contributed by atoms with Gasteiger partial charge >= 0.3 is 0 Å². The molecule has 0 N–H and O–H groups in total. The van der Waals surface area contributed by atoms with Gasteiger partial charge in [-0.05, 0) is 6.92 Å². The third kappa shape index (κ3) is 344. The first-order valence-corrected chi connectivity index (χ1v) is 0.813. The molecule has 0 atom stereocenters. The van der Waals surface area contributed by atoms with E-state index in [0.717, 1.165) is 6.29 Å². The molecule has 0 amide bonds. The first-order valence-electron chi connectivity index (χ1n) is 0.813. The molecule has 0 heterocycles. The summed E-state index contributed by atoms with van der Waals surface area (Å²) in [5, 5.41) is 0. The molecule has 0 aromatic rings. The monoisotopic (exact) mass is 114 g/mol. The highest BCUT2D eigenvalue weighted by Crippen LogP contribution is 1.13. The second kappa shape index (κ2) is 28.7. The summed E-state index contributed by atoms with van der Waals surface area (Å²) in [4.78, 5) is 8.81. The van der Waals surface area contributed by atoms with Crippen LogP contribution < -0.4 is 24.8 Å². The van der Waals surface area contributed by atoms with E-state index in [4.69, 9.17) is 4.79 Å². The zero-order valence-electron chi connectivity index (χ0n) is 2.74. The molecule has 3 heteroatoms. The Morgan fingerprint density at radius 1 is 1.40 bits per heavy atom. The Kier molecular flexibility index (Phi) is 108. The molecule has 0 unspecified atom stereocenters. The van der Waals surface area contributed by atoms with Crippen LogP contribution in [0.3, 0.4) is 0 Å². The summed E-state index contributed by atoms with van der Waals surface area (Å²) >= 11 is 0. The van der Waals surface area contributed by atoms with Gasteiger partial charge in [-0.1, -0.05) is 0 Å². The minimum Gasteiger partial charge on any atom is -1.00 e. The van der Waals surface area contributed by atoms with E-state index < -0.39 is 0 Å². The van der Waals surface area contributed by atoms with E-state index in [-0.39, 0.29) is 24.8 Å². The van der Waals surface area contributed by atoms with E-state index in [0.29, 0.717) is 0 Å². The lowest BCUT2D eigenvalue weighted by Gasteiger charge is -1.23. The highest BCUT2D eigenvalue weighted by Gasteiger charge is 1.24. The second-order valence-corrected chi connectivity index (χ2v) is 0.236. The van der Waals surface area contributed by atoms with Crippen LogP contribution in [0.2, 0.25) is 0 Å². The van der Waals surface area contributed by atoms with Gasteiger partial charge in [-0.25, -0.2) is 0 Å². The van der Waals surface area contributed by atoms with Crippen molar-refractivity contribution in [1.82, 2.24) is 0 Å². The average Bonchev–Trinajstić information content (AvgIpc) is 0.918. The number of hydrogen-bond donors (Lipinski definition) is 0. The fourth-order valence-corrected chi connectivity index (χ4v) is 0. The molecule has 0 aromatic carbocycles. The molecule has 0 aliphatic rings. The second-order valence-electron chi connectivity index (χ2n) is 0.236. The molecular formula is C2H4Cl2O-2. The van der Waals surface area contributed by atoms with Crippen LogP contribution in [-0.2, 0) is 4.79 Å². The lowest BCUT2D eigenvalue weighted by molar-refractivity contribution is -0.106. The van der Waals surface area contributed by atoms with Gasteiger partial charge in [0.2, 0.25) is 0 Å². The van der Waals surface area contributed by atoms with Crippen molar-refractivity contribution < 1.29 is 29.6 Å². The Labute approximate surface area is 43.6 Å². The molecule has 0 saturated heterocycles. The number of hydrogen-bond acceptors (Lipinski definition) is 1. The van der Waals surface area contributed by atoms with Crippen molar-refractivity contribution in [3.05, 3.63) is 0 Å². The van der Waals surface area contributed by atoms with Gasteiger partial charge < -0.3 is 29.6 Å². The summed E-state index contributed by atoms with van der Waals surface area (Å²) in [5.74, 6) is 0. The van der Waals surface area contributed by atoms with Crippen LogP contribution in [0.5, 0.6) is 0 Å². The van der Waals surface area contributed by atoms with Crippen molar-refractivity contribution in [1.29, 1.82) is 0 Å². The first-order chi connectivity index (χ1) is 1.41. The van der Waals surface area contributed by atoms with Crippen LogP contribution in [0.1, 0.15) is 6.92 Å². The molecule has 0 rings (SSSR count). The van der Waals surface area contributed by atoms with Gasteiger partial charge in [-0.2, -0.15) is 0 Å². The van der Waals surface area contributed by atoms with Gasteiger partial charge in [-0.3, -0.25) is 0 Å². The van der Waals surface area contributed by atoms with Gasteiger partial charge in [0.15, 0.2) is 0 Å². The van der Waals surface area contributed by atoms with E-state index >= 15 is 0 Å². The topological polar surface area (TPSA) is 17.1 Å². The molecule has 34 valence electrons. The van der Waals surface area contributed by atoms with E-state index in [9.17, 15) is 0 Å². The van der Waals surface area contributed by atoms with Gasteiger partial charge in [-0.15, -0.1) is 0 Å². The molecule has 0 aliphatic heterocycles. The van der Waals surface area contributed by atoms with E-state index in [1.165, 1.54) is 6.92 Å². The number of carbonyl (C=O) groups is 1. The van der Waals surface area contributed by atoms with Crippen molar-refractivity contribution >= 4 is 6.29 Å². The SMILES string of the molecule is CC=O.[Cl-].[Cl-]. The molecule has 0 radical (unpaired) electrons. The van der Waals surface area contributed by atoms with Crippen LogP contribution in [-0.4, -0.2) is 6.29 Å². The minimum absolute atomic E-state index is 0. The number of rotatable bonds is 0. The average molecular weight is 115 g/mol. The zero-order valence-corrected chi connectivity index (χ0v) is 4.25. The maximum absolute atomic E-state index is 8.81. The fourth-order valence-electron chi connectivity index (χ4n) is 0. The molecule has 0 fully saturated rings. The smallest absolute Gasteiger partial charge is 0.116 e. The third-order valence-electron chi connectivity index (χ3n) is 0. The predicted octanol–water partition coefficient (Wildman–Crippen LogP) is -5.79. The molecular weight excluding hydrogens is 111 g/mol. The Balaban J connectivity index is -0.0000000200. The van der Waals surface area contributed by atoms with Crippen molar-refractivity contribution in [2.45, 2.75) is 6.92 Å². The Morgan fingerprint density at radius 3 is 1.40 bits per heavy atom. The van der Waals surface area contributed by atoms with Crippen LogP contribution in [0.15, 0.2) is 0 Å². The summed E-state index contributed by atoms with van der Waals surface area (Å²) < 4.78 is 0. The van der Waals surface area contributed by atoms with E-state index in [2.05, 4.69) is 0 Å². The van der Waals surface area contributed by atoms with Gasteiger partial charge in [0.05, 0.1) is 0 Å². The third-order valence-corrected chi connectivity index (χ3v) is 0. The van der Waals surface area contributed by atoms with E-state index in [1.807, 2.05) is 0 Å². The predicted molar refractivity (Wildman–Crippen MR) is 11.7 cm³/mol. The summed E-state index contributed by atoms with van der Waals surface area (Å²) in [7, 11) is 0. The standard InChI is InChI=1S/C2H4O.2ClH/c1-2-3;;/h2H,1H3;2*1H/p-2. The Morgan fingerprint density at radius 2 is 1.40 bits per heavy atom. The largest absolute Gasteiger partial charge is 1.00 e. The Hall–Kier alpha value is 0.250. The van der Waals surface area contributed by atoms with Gasteiger partial charge in [0.1, 0.15) is 6.29 Å². The summed E-state index contributed by atoms with van der Waals surface area (Å²) in [6.45, 7) is 1.44. The molecule has 0 saturated carbocycles. The normalized spacial score (nSPS) is 2.60. The molecule has 0 bridgehead atoms. The van der Waals surface area contributed by atoms with Crippen LogP contribution in [0.25, 0.3) is 0 Å². The van der Waals surface area contributed by atoms with Crippen LogP contribution in [0, 0.1) is 0 Å². The molecule has 1 nitrogen and oxygen atoms in total. The maximum atomic E-state index is 8.81. The van der Waals surface area contributed by atoms with Crippen molar-refractivity contribution in [2.75, 3.05) is 0 Å². The van der Waals surface area contributed by atoms with Crippen molar-refractivity contribution in [3.63, 3.8) is 0 Å². The number of carbonyl (C=O) groups excluding carboxylic acids is 1. The van der Waals surface area contributed by atoms with E-state index in [1.54, 1.807) is 0 Å². The van der Waals surface area contributed by atoms with Crippen molar-refractivity contribution in [3.8, 4) is 0 Å². The lowest BCUT2D eigenvalue weighted by Crippen LogP contribution is -3.00. The maximum Gasteiger partial charge on any atom is 0.116 e. The van der Waals surface area contributed by atoms with Crippen LogP contribution in [0.4, 0.5) is 0 Å². The first kappa shape index (κ1) is 18.7. The van der Waals surface area contributed by atoms with Gasteiger partial charge in [0, 0.05) is 0 Å². The highest BCUT2D eigenvalue weighted by atomic mass is 35.5. The molecule has 0 aromatic heterocycles. The fraction of sp³-hybridized carbons (Fsp3) is 0.500. The molecule has 5 heavy (non-hydrogen) atoms. The number of aldehydes is 1. The van der Waals surface area contributed by atoms with Crippen molar-refractivity contribution in [2.24, 2.45) is 0 Å². The molecule has 0 spiro atoms. The molecule has 0 aliphatic carbocycles. The quantitative estimate of drug-likeness (QED) is 0.287.